The number of ether oxygens (including phenoxy) is 1. The molecular weight excluding hydrogens is 390 g/mol. The Hall–Kier alpha value is -3.59. The average Bonchev–Trinajstić information content (AvgIpc) is 3.29. The van der Waals surface area contributed by atoms with Crippen molar-refractivity contribution >= 4 is 28.7 Å². The van der Waals surface area contributed by atoms with Crippen molar-refractivity contribution < 1.29 is 14.3 Å². The molecule has 0 saturated carbocycles. The first kappa shape index (κ1) is 22.1. The second kappa shape index (κ2) is 9.48. The molecule has 0 unspecified atom stereocenters. The molecular formula is C25H27N3O3. The van der Waals surface area contributed by atoms with E-state index in [0.717, 1.165) is 40.8 Å². The molecule has 0 radical (unpaired) electrons. The van der Waals surface area contributed by atoms with Crippen LogP contribution in [0, 0.1) is 31.1 Å². The fourth-order valence-electron chi connectivity index (χ4n) is 3.59. The van der Waals surface area contributed by atoms with Crippen LogP contribution in [0.1, 0.15) is 47.6 Å². The lowest BCUT2D eigenvalue weighted by molar-refractivity contribution is -0.137. The van der Waals surface area contributed by atoms with Crippen LogP contribution in [0.15, 0.2) is 42.1 Å². The van der Waals surface area contributed by atoms with Crippen LogP contribution in [-0.4, -0.2) is 27.9 Å². The third-order valence-corrected chi connectivity index (χ3v) is 5.41. The van der Waals surface area contributed by atoms with Gasteiger partial charge < -0.3 is 14.3 Å². The fraction of sp³-hybridized carbons (Fsp3) is 0.320. The largest absolute Gasteiger partial charge is 0.453 e. The first-order valence-corrected chi connectivity index (χ1v) is 10.4. The zero-order valence-corrected chi connectivity index (χ0v) is 18.4. The van der Waals surface area contributed by atoms with E-state index in [4.69, 9.17) is 4.74 Å². The fourth-order valence-corrected chi connectivity index (χ4v) is 3.59. The molecule has 2 aromatic heterocycles. The highest BCUT2D eigenvalue weighted by Crippen LogP contribution is 2.21. The van der Waals surface area contributed by atoms with Gasteiger partial charge in [-0.2, -0.15) is 5.26 Å². The summed E-state index contributed by atoms with van der Waals surface area (Å²) in [6, 6.07) is 11.3. The highest BCUT2D eigenvalue weighted by atomic mass is 16.5. The Kier molecular flexibility index (Phi) is 6.76. The summed E-state index contributed by atoms with van der Waals surface area (Å²) in [5.41, 5.74) is 4.04. The van der Waals surface area contributed by atoms with Crippen molar-refractivity contribution in [3.63, 3.8) is 0 Å². The van der Waals surface area contributed by atoms with E-state index in [2.05, 4.69) is 23.4 Å². The Labute approximate surface area is 182 Å². The summed E-state index contributed by atoms with van der Waals surface area (Å²) in [7, 11) is 0. The second-order valence-corrected chi connectivity index (χ2v) is 8.08. The predicted molar refractivity (Wildman–Crippen MR) is 121 cm³/mol. The van der Waals surface area contributed by atoms with E-state index in [0.29, 0.717) is 11.5 Å². The standard InChI is InChI=1S/C25H27N3O3/c1-16(2)9-10-28-17(3)11-19(18(28)4)12-20(13-26)25(30)31-15-24(29)22-14-27-23-8-6-5-7-21(22)23/h5-8,11-12,14,16,27H,9-10,15H2,1-4H3. The number of ketones is 1. The quantitative estimate of drug-likeness (QED) is 0.243. The van der Waals surface area contributed by atoms with Crippen LogP contribution in [-0.2, 0) is 16.1 Å². The highest BCUT2D eigenvalue weighted by molar-refractivity contribution is 6.09. The minimum atomic E-state index is -0.803. The summed E-state index contributed by atoms with van der Waals surface area (Å²) < 4.78 is 7.34. The number of hydrogen-bond acceptors (Lipinski definition) is 4. The van der Waals surface area contributed by atoms with E-state index in [1.165, 1.54) is 6.08 Å². The zero-order chi connectivity index (χ0) is 22.5. The number of carbonyl (C=O) groups excluding carboxylic acids is 2. The van der Waals surface area contributed by atoms with Gasteiger partial charge in [0, 0.05) is 40.6 Å². The minimum Gasteiger partial charge on any atom is -0.453 e. The van der Waals surface area contributed by atoms with E-state index >= 15 is 0 Å². The summed E-state index contributed by atoms with van der Waals surface area (Å²) in [6.07, 6.45) is 4.18. The number of aryl methyl sites for hydroxylation is 1. The number of aromatic nitrogens is 2. The molecule has 6 heteroatoms. The van der Waals surface area contributed by atoms with E-state index in [1.54, 1.807) is 6.20 Å². The Morgan fingerprint density at radius 2 is 2.00 bits per heavy atom. The Morgan fingerprint density at radius 1 is 1.26 bits per heavy atom. The summed E-state index contributed by atoms with van der Waals surface area (Å²) in [5.74, 6) is -0.544. The van der Waals surface area contributed by atoms with Gasteiger partial charge >= 0.3 is 5.97 Å². The zero-order valence-electron chi connectivity index (χ0n) is 18.4. The van der Waals surface area contributed by atoms with Gasteiger partial charge in [0.25, 0.3) is 0 Å². The smallest absolute Gasteiger partial charge is 0.349 e. The number of nitriles is 1. The van der Waals surface area contributed by atoms with E-state index < -0.39 is 12.6 Å². The summed E-state index contributed by atoms with van der Waals surface area (Å²) in [5, 5.41) is 10.2. The van der Waals surface area contributed by atoms with Crippen LogP contribution >= 0.6 is 0 Å². The van der Waals surface area contributed by atoms with Gasteiger partial charge in [0.2, 0.25) is 5.78 Å². The lowest BCUT2D eigenvalue weighted by atomic mass is 10.1. The number of esters is 1. The van der Waals surface area contributed by atoms with Crippen LogP contribution in [0.2, 0.25) is 0 Å². The maximum atomic E-state index is 12.5. The molecule has 3 aromatic rings. The molecule has 0 amide bonds. The predicted octanol–water partition coefficient (Wildman–Crippen LogP) is 4.97. The maximum absolute atomic E-state index is 12.5. The van der Waals surface area contributed by atoms with Gasteiger partial charge in [-0.3, -0.25) is 4.79 Å². The molecule has 6 nitrogen and oxygen atoms in total. The lowest BCUT2D eigenvalue weighted by Gasteiger charge is -2.11. The number of rotatable bonds is 8. The number of carbonyl (C=O) groups is 2. The van der Waals surface area contributed by atoms with Crippen molar-refractivity contribution in [1.29, 1.82) is 5.26 Å². The number of fused-ring (bicyclic) bond motifs is 1. The molecule has 0 aliphatic carbocycles. The molecule has 1 N–H and O–H groups in total. The molecule has 31 heavy (non-hydrogen) atoms. The van der Waals surface area contributed by atoms with Gasteiger partial charge in [-0.25, -0.2) is 4.79 Å². The van der Waals surface area contributed by atoms with Gasteiger partial charge in [-0.05, 0) is 50.0 Å². The van der Waals surface area contributed by atoms with Crippen molar-refractivity contribution in [2.45, 2.75) is 40.7 Å². The van der Waals surface area contributed by atoms with Crippen LogP contribution in [0.4, 0.5) is 0 Å². The maximum Gasteiger partial charge on any atom is 0.349 e. The van der Waals surface area contributed by atoms with Crippen LogP contribution in [0.3, 0.4) is 0 Å². The minimum absolute atomic E-state index is 0.129. The number of benzene rings is 1. The van der Waals surface area contributed by atoms with Crippen molar-refractivity contribution in [2.75, 3.05) is 6.61 Å². The van der Waals surface area contributed by atoms with Gasteiger partial charge in [-0.15, -0.1) is 0 Å². The van der Waals surface area contributed by atoms with Crippen molar-refractivity contribution in [2.24, 2.45) is 5.92 Å². The van der Waals surface area contributed by atoms with Crippen LogP contribution < -0.4 is 0 Å². The third-order valence-electron chi connectivity index (χ3n) is 5.41. The van der Waals surface area contributed by atoms with Gasteiger partial charge in [0.1, 0.15) is 11.6 Å². The number of para-hydroxylation sites is 1. The van der Waals surface area contributed by atoms with E-state index in [-0.39, 0.29) is 11.4 Å². The number of hydrogen-bond donors (Lipinski definition) is 1. The number of aromatic amines is 1. The molecule has 0 aliphatic rings. The lowest BCUT2D eigenvalue weighted by Crippen LogP contribution is -2.15. The van der Waals surface area contributed by atoms with Crippen LogP contribution in [0.25, 0.3) is 17.0 Å². The molecule has 160 valence electrons. The molecule has 0 bridgehead atoms. The molecule has 2 heterocycles. The SMILES string of the molecule is Cc1cc(C=C(C#N)C(=O)OCC(=O)c2c[nH]c3ccccc23)c(C)n1CCC(C)C. The number of H-pyrrole nitrogens is 1. The molecule has 0 aliphatic heterocycles. The van der Waals surface area contributed by atoms with Gasteiger partial charge in [-0.1, -0.05) is 32.0 Å². The van der Waals surface area contributed by atoms with E-state index in [9.17, 15) is 14.9 Å². The molecule has 3 rings (SSSR count). The van der Waals surface area contributed by atoms with Crippen molar-refractivity contribution in [1.82, 2.24) is 9.55 Å². The summed E-state index contributed by atoms with van der Waals surface area (Å²) >= 11 is 0. The summed E-state index contributed by atoms with van der Waals surface area (Å²) in [4.78, 5) is 28.0. The first-order valence-electron chi connectivity index (χ1n) is 10.4. The van der Waals surface area contributed by atoms with Crippen molar-refractivity contribution in [3.8, 4) is 6.07 Å². The molecule has 1 aromatic carbocycles. The topological polar surface area (TPSA) is 87.9 Å². The Balaban J connectivity index is 1.72. The third kappa shape index (κ3) is 4.95. The highest BCUT2D eigenvalue weighted by Gasteiger charge is 2.18. The average molecular weight is 418 g/mol. The monoisotopic (exact) mass is 417 g/mol. The summed E-state index contributed by atoms with van der Waals surface area (Å²) in [6.45, 7) is 8.80. The van der Waals surface area contributed by atoms with Gasteiger partial charge in [0.05, 0.1) is 0 Å². The first-order chi connectivity index (χ1) is 14.8. The molecule has 0 atom stereocenters. The Morgan fingerprint density at radius 3 is 2.71 bits per heavy atom. The van der Waals surface area contributed by atoms with Crippen LogP contribution in [0.5, 0.6) is 0 Å². The second-order valence-electron chi connectivity index (χ2n) is 8.08. The normalized spacial score (nSPS) is 11.7. The van der Waals surface area contributed by atoms with Crippen molar-refractivity contribution in [3.05, 3.63) is 64.6 Å². The Bertz CT molecular complexity index is 1190. The molecule has 0 spiro atoms. The number of Topliss-reactive ketones (excluding diaryl/α,β-unsaturated/α-hetero) is 1. The molecule has 0 saturated heterocycles. The van der Waals surface area contributed by atoms with Gasteiger partial charge in [0.15, 0.2) is 6.61 Å². The molecule has 0 fully saturated rings. The van der Waals surface area contributed by atoms with E-state index in [1.807, 2.05) is 50.2 Å². The number of nitrogens with zero attached hydrogens (tertiary/aromatic N) is 2. The number of nitrogens with one attached hydrogen (secondary N) is 1.